The van der Waals surface area contributed by atoms with E-state index >= 15 is 0 Å². The van der Waals surface area contributed by atoms with E-state index in [1.165, 1.54) is 43.6 Å². The molecule has 1 aliphatic heterocycles. The number of nitrogens with zero attached hydrogens (tertiary/aromatic N) is 2. The zero-order valence-corrected chi connectivity index (χ0v) is 10.5. The monoisotopic (exact) mass is 231 g/mol. The van der Waals surface area contributed by atoms with E-state index in [4.69, 9.17) is 5.73 Å². The molecule has 0 aromatic carbocycles. The molecule has 1 saturated carbocycles. The van der Waals surface area contributed by atoms with Crippen molar-refractivity contribution in [1.82, 2.24) is 4.98 Å². The zero-order chi connectivity index (χ0) is 11.8. The topological polar surface area (TPSA) is 42.1 Å². The second kappa shape index (κ2) is 4.30. The predicted molar refractivity (Wildman–Crippen MR) is 69.9 cm³/mol. The number of hydrogen-bond donors (Lipinski definition) is 1. The first kappa shape index (κ1) is 11.0. The van der Waals surface area contributed by atoms with Gasteiger partial charge in [0.25, 0.3) is 0 Å². The third-order valence-corrected chi connectivity index (χ3v) is 4.39. The molecule has 2 heterocycles. The molecular formula is C14H21N3. The van der Waals surface area contributed by atoms with Crippen LogP contribution < -0.4 is 10.6 Å². The van der Waals surface area contributed by atoms with Crippen LogP contribution in [0.5, 0.6) is 0 Å². The molecule has 3 rings (SSSR count). The van der Waals surface area contributed by atoms with Crippen LogP contribution in [-0.4, -0.2) is 18.1 Å². The number of nitrogens with two attached hydrogens (primary N) is 1. The van der Waals surface area contributed by atoms with Gasteiger partial charge in [-0.15, -0.1) is 0 Å². The van der Waals surface area contributed by atoms with E-state index in [1.807, 2.05) is 6.20 Å². The molecule has 1 saturated heterocycles. The van der Waals surface area contributed by atoms with E-state index in [9.17, 15) is 0 Å². The summed E-state index contributed by atoms with van der Waals surface area (Å²) in [5, 5.41) is 0. The summed E-state index contributed by atoms with van der Waals surface area (Å²) in [5.41, 5.74) is 9.43. The Balaban J connectivity index is 1.87. The minimum absolute atomic E-state index is 0.592. The van der Waals surface area contributed by atoms with Crippen molar-refractivity contribution in [2.75, 3.05) is 18.0 Å². The molecule has 0 spiro atoms. The highest BCUT2D eigenvalue weighted by Crippen LogP contribution is 2.40. The summed E-state index contributed by atoms with van der Waals surface area (Å²) in [4.78, 5) is 6.88. The Kier molecular flexibility index (Phi) is 2.79. The number of aryl methyl sites for hydroxylation is 1. The van der Waals surface area contributed by atoms with Crippen LogP contribution >= 0.6 is 0 Å². The molecule has 2 atom stereocenters. The van der Waals surface area contributed by atoms with Crippen molar-refractivity contribution in [3.05, 3.63) is 23.5 Å². The molecule has 1 aromatic heterocycles. The van der Waals surface area contributed by atoms with Gasteiger partial charge < -0.3 is 10.6 Å². The minimum atomic E-state index is 0.592. The molecule has 17 heavy (non-hydrogen) atoms. The van der Waals surface area contributed by atoms with Crippen molar-refractivity contribution >= 4 is 5.69 Å². The SMILES string of the molecule is Cc1cc(N2CC3CCCC3C2)c(CN)cn1. The van der Waals surface area contributed by atoms with Crippen LogP contribution in [0, 0.1) is 18.8 Å². The average molecular weight is 231 g/mol. The summed E-state index contributed by atoms with van der Waals surface area (Å²) in [5.74, 6) is 1.85. The van der Waals surface area contributed by atoms with Crippen molar-refractivity contribution in [3.63, 3.8) is 0 Å². The standard InChI is InChI=1S/C14H21N3/c1-10-5-14(13(6-15)7-16-10)17-8-11-3-2-4-12(11)9-17/h5,7,11-12H,2-4,6,8-9,15H2,1H3. The van der Waals surface area contributed by atoms with Crippen molar-refractivity contribution in [3.8, 4) is 0 Å². The fraction of sp³-hybridized carbons (Fsp3) is 0.643. The van der Waals surface area contributed by atoms with Gasteiger partial charge in [0, 0.05) is 42.8 Å². The number of pyridine rings is 1. The van der Waals surface area contributed by atoms with E-state index in [0.717, 1.165) is 17.5 Å². The first-order valence-electron chi connectivity index (χ1n) is 6.68. The summed E-state index contributed by atoms with van der Waals surface area (Å²) >= 11 is 0. The molecule has 3 nitrogen and oxygen atoms in total. The summed E-state index contributed by atoms with van der Waals surface area (Å²) in [6.07, 6.45) is 6.22. The van der Waals surface area contributed by atoms with Crippen LogP contribution in [0.15, 0.2) is 12.3 Å². The number of aromatic nitrogens is 1. The summed E-state index contributed by atoms with van der Waals surface area (Å²) in [6, 6.07) is 2.20. The van der Waals surface area contributed by atoms with E-state index < -0.39 is 0 Å². The van der Waals surface area contributed by atoms with E-state index in [2.05, 4.69) is 22.9 Å². The van der Waals surface area contributed by atoms with Crippen LogP contribution in [0.25, 0.3) is 0 Å². The maximum Gasteiger partial charge on any atom is 0.0445 e. The molecule has 2 aliphatic rings. The van der Waals surface area contributed by atoms with Gasteiger partial charge in [0.2, 0.25) is 0 Å². The lowest BCUT2D eigenvalue weighted by Crippen LogP contribution is -2.23. The van der Waals surface area contributed by atoms with Crippen molar-refractivity contribution in [2.24, 2.45) is 17.6 Å². The van der Waals surface area contributed by atoms with Crippen molar-refractivity contribution in [1.29, 1.82) is 0 Å². The third-order valence-electron chi connectivity index (χ3n) is 4.39. The Labute approximate surface area is 103 Å². The van der Waals surface area contributed by atoms with Crippen LogP contribution in [0.3, 0.4) is 0 Å². The van der Waals surface area contributed by atoms with Crippen LogP contribution in [-0.2, 0) is 6.54 Å². The van der Waals surface area contributed by atoms with Crippen LogP contribution in [0.4, 0.5) is 5.69 Å². The Morgan fingerprint density at radius 1 is 1.35 bits per heavy atom. The first-order chi connectivity index (χ1) is 8.28. The Hall–Kier alpha value is -1.09. The second-order valence-electron chi connectivity index (χ2n) is 5.51. The Morgan fingerprint density at radius 2 is 2.06 bits per heavy atom. The van der Waals surface area contributed by atoms with Gasteiger partial charge in [-0.3, -0.25) is 4.98 Å². The molecule has 2 fully saturated rings. The lowest BCUT2D eigenvalue weighted by Gasteiger charge is -2.22. The smallest absolute Gasteiger partial charge is 0.0445 e. The van der Waals surface area contributed by atoms with Gasteiger partial charge in [-0.25, -0.2) is 0 Å². The average Bonchev–Trinajstić information content (AvgIpc) is 2.88. The maximum absolute atomic E-state index is 5.82. The van der Waals surface area contributed by atoms with Gasteiger partial charge in [-0.05, 0) is 37.7 Å². The molecule has 1 aromatic rings. The first-order valence-corrected chi connectivity index (χ1v) is 6.68. The molecule has 0 amide bonds. The largest absolute Gasteiger partial charge is 0.371 e. The number of anilines is 1. The van der Waals surface area contributed by atoms with Gasteiger partial charge in [0.1, 0.15) is 0 Å². The van der Waals surface area contributed by atoms with Gasteiger partial charge >= 0.3 is 0 Å². The Morgan fingerprint density at radius 3 is 2.71 bits per heavy atom. The highest BCUT2D eigenvalue weighted by atomic mass is 15.2. The summed E-state index contributed by atoms with van der Waals surface area (Å²) < 4.78 is 0. The number of rotatable bonds is 2. The van der Waals surface area contributed by atoms with Gasteiger partial charge in [-0.1, -0.05) is 6.42 Å². The minimum Gasteiger partial charge on any atom is -0.371 e. The molecule has 2 unspecified atom stereocenters. The van der Waals surface area contributed by atoms with Gasteiger partial charge in [0.15, 0.2) is 0 Å². The van der Waals surface area contributed by atoms with E-state index in [-0.39, 0.29) is 0 Å². The molecule has 0 radical (unpaired) electrons. The molecule has 3 heteroatoms. The third kappa shape index (κ3) is 1.93. The summed E-state index contributed by atoms with van der Waals surface area (Å²) in [6.45, 7) is 5.09. The predicted octanol–water partition coefficient (Wildman–Crippen LogP) is 2.09. The van der Waals surface area contributed by atoms with Gasteiger partial charge in [0.05, 0.1) is 0 Å². The lowest BCUT2D eigenvalue weighted by atomic mass is 10.0. The van der Waals surface area contributed by atoms with Gasteiger partial charge in [-0.2, -0.15) is 0 Å². The van der Waals surface area contributed by atoms with Crippen molar-refractivity contribution < 1.29 is 0 Å². The molecule has 92 valence electrons. The van der Waals surface area contributed by atoms with Crippen LogP contribution in [0.2, 0.25) is 0 Å². The van der Waals surface area contributed by atoms with E-state index in [1.54, 1.807) is 0 Å². The molecule has 0 bridgehead atoms. The highest BCUT2D eigenvalue weighted by molar-refractivity contribution is 5.54. The quantitative estimate of drug-likeness (QED) is 0.847. The maximum atomic E-state index is 5.82. The zero-order valence-electron chi connectivity index (χ0n) is 10.5. The fourth-order valence-corrected chi connectivity index (χ4v) is 3.46. The fourth-order valence-electron chi connectivity index (χ4n) is 3.46. The molecule has 1 aliphatic carbocycles. The highest BCUT2D eigenvalue weighted by Gasteiger charge is 2.36. The number of hydrogen-bond acceptors (Lipinski definition) is 3. The Bertz CT molecular complexity index is 404. The normalized spacial score (nSPS) is 27.5. The molecular weight excluding hydrogens is 210 g/mol. The summed E-state index contributed by atoms with van der Waals surface area (Å²) in [7, 11) is 0. The molecule has 2 N–H and O–H groups in total. The van der Waals surface area contributed by atoms with Crippen LogP contribution in [0.1, 0.15) is 30.5 Å². The van der Waals surface area contributed by atoms with E-state index in [0.29, 0.717) is 6.54 Å². The lowest BCUT2D eigenvalue weighted by molar-refractivity contribution is 0.494. The second-order valence-corrected chi connectivity index (χ2v) is 5.51. The number of fused-ring (bicyclic) bond motifs is 1. The van der Waals surface area contributed by atoms with Crippen molar-refractivity contribution in [2.45, 2.75) is 32.7 Å².